The van der Waals surface area contributed by atoms with E-state index in [1.54, 1.807) is 0 Å². The van der Waals surface area contributed by atoms with Crippen molar-refractivity contribution in [3.05, 3.63) is 0 Å². The molecule has 1 rings (SSSR count). The lowest BCUT2D eigenvalue weighted by Crippen LogP contribution is -2.25. The molecular weight excluding hydrogens is 227 g/mol. The fourth-order valence-corrected chi connectivity index (χ4v) is 2.40. The third-order valence-electron chi connectivity index (χ3n) is 2.07. The van der Waals surface area contributed by atoms with Crippen molar-refractivity contribution >= 4 is 22.6 Å². The van der Waals surface area contributed by atoms with Gasteiger partial charge < -0.3 is 5.11 Å². The molecule has 0 spiro atoms. The first-order chi connectivity index (χ1) is 4.34. The van der Waals surface area contributed by atoms with Gasteiger partial charge in [0, 0.05) is 4.43 Å². The van der Waals surface area contributed by atoms with Gasteiger partial charge >= 0.3 is 0 Å². The molecular formula is C7H13IO. The Labute approximate surface area is 70.0 Å². The highest BCUT2D eigenvalue weighted by Crippen LogP contribution is 2.25. The molecule has 0 aromatic carbocycles. The summed E-state index contributed by atoms with van der Waals surface area (Å²) in [5, 5.41) is 9.36. The molecule has 0 aromatic rings. The summed E-state index contributed by atoms with van der Waals surface area (Å²) in [7, 11) is 0. The van der Waals surface area contributed by atoms with Crippen molar-refractivity contribution < 1.29 is 5.11 Å². The average molecular weight is 240 g/mol. The number of aliphatic hydroxyl groups is 1. The molecule has 2 heteroatoms. The van der Waals surface area contributed by atoms with Gasteiger partial charge in [-0.25, -0.2) is 0 Å². The van der Waals surface area contributed by atoms with Crippen LogP contribution in [0.5, 0.6) is 0 Å². The first-order valence-electron chi connectivity index (χ1n) is 3.58. The van der Waals surface area contributed by atoms with E-state index in [4.69, 9.17) is 0 Å². The molecule has 0 unspecified atom stereocenters. The molecule has 1 saturated carbocycles. The van der Waals surface area contributed by atoms with Crippen molar-refractivity contribution in [2.75, 3.05) is 4.43 Å². The van der Waals surface area contributed by atoms with E-state index in [1.165, 1.54) is 19.3 Å². The summed E-state index contributed by atoms with van der Waals surface area (Å²) in [5.74, 6) is 0.597. The van der Waals surface area contributed by atoms with Crippen LogP contribution in [0.4, 0.5) is 0 Å². The first kappa shape index (κ1) is 7.79. The topological polar surface area (TPSA) is 20.2 Å². The Bertz CT molecular complexity index is 85.0. The van der Waals surface area contributed by atoms with Gasteiger partial charge in [-0.3, -0.25) is 0 Å². The summed E-state index contributed by atoms with van der Waals surface area (Å²) in [6, 6.07) is 0. The molecule has 9 heavy (non-hydrogen) atoms. The van der Waals surface area contributed by atoms with Crippen molar-refractivity contribution in [3.8, 4) is 0 Å². The Morgan fingerprint density at radius 2 is 2.00 bits per heavy atom. The third kappa shape index (κ3) is 2.08. The molecule has 0 aliphatic heterocycles. The molecule has 2 atom stereocenters. The smallest absolute Gasteiger partial charge is 0.0575 e. The first-order valence-corrected chi connectivity index (χ1v) is 5.11. The van der Waals surface area contributed by atoms with Crippen molar-refractivity contribution in [3.63, 3.8) is 0 Å². The second kappa shape index (κ2) is 3.76. The fraction of sp³-hybridized carbons (Fsp3) is 1.00. The summed E-state index contributed by atoms with van der Waals surface area (Å²) in [4.78, 5) is 0. The van der Waals surface area contributed by atoms with Gasteiger partial charge in [-0.05, 0) is 18.8 Å². The fourth-order valence-electron chi connectivity index (χ4n) is 1.37. The zero-order chi connectivity index (χ0) is 6.69. The zero-order valence-corrected chi connectivity index (χ0v) is 7.67. The van der Waals surface area contributed by atoms with Crippen LogP contribution < -0.4 is 0 Å². The number of rotatable bonds is 1. The minimum absolute atomic E-state index is 0.00986. The van der Waals surface area contributed by atoms with Gasteiger partial charge in [0.25, 0.3) is 0 Å². The summed E-state index contributed by atoms with van der Waals surface area (Å²) in [6.45, 7) is 0. The quantitative estimate of drug-likeness (QED) is 0.548. The van der Waals surface area contributed by atoms with Crippen LogP contribution in [-0.4, -0.2) is 15.6 Å². The van der Waals surface area contributed by atoms with Crippen LogP contribution in [0.2, 0.25) is 0 Å². The molecule has 0 aromatic heterocycles. The Morgan fingerprint density at radius 1 is 1.33 bits per heavy atom. The highest BCUT2D eigenvalue weighted by atomic mass is 127. The number of halogens is 1. The van der Waals surface area contributed by atoms with E-state index in [1.807, 2.05) is 0 Å². The predicted octanol–water partition coefficient (Wildman–Crippen LogP) is 1.97. The number of alkyl halides is 1. The highest BCUT2D eigenvalue weighted by molar-refractivity contribution is 14.1. The molecule has 1 N–H and O–H groups in total. The minimum atomic E-state index is 0.00986. The van der Waals surface area contributed by atoms with Gasteiger partial charge in [0.2, 0.25) is 0 Å². The van der Waals surface area contributed by atoms with Crippen LogP contribution in [-0.2, 0) is 0 Å². The molecule has 1 nitrogen and oxygen atoms in total. The molecule has 1 aliphatic carbocycles. The minimum Gasteiger partial charge on any atom is -0.393 e. The Balaban J connectivity index is 2.30. The molecule has 1 aliphatic rings. The third-order valence-corrected chi connectivity index (χ3v) is 3.20. The van der Waals surface area contributed by atoms with Gasteiger partial charge in [0.15, 0.2) is 0 Å². The predicted molar refractivity (Wildman–Crippen MR) is 46.9 cm³/mol. The molecule has 0 radical (unpaired) electrons. The Morgan fingerprint density at radius 3 is 2.44 bits per heavy atom. The van der Waals surface area contributed by atoms with Crippen LogP contribution in [0.3, 0.4) is 0 Å². The number of hydrogen-bond acceptors (Lipinski definition) is 1. The van der Waals surface area contributed by atoms with Gasteiger partial charge in [-0.1, -0.05) is 35.4 Å². The summed E-state index contributed by atoms with van der Waals surface area (Å²) < 4.78 is 1.12. The number of hydrogen-bond donors (Lipinski definition) is 1. The summed E-state index contributed by atoms with van der Waals surface area (Å²) in [6.07, 6.45) is 4.84. The molecule has 0 bridgehead atoms. The molecule has 0 saturated heterocycles. The molecule has 54 valence electrons. The van der Waals surface area contributed by atoms with E-state index in [9.17, 15) is 5.11 Å². The highest BCUT2D eigenvalue weighted by Gasteiger charge is 2.20. The maximum atomic E-state index is 9.36. The summed E-state index contributed by atoms with van der Waals surface area (Å²) >= 11 is 2.36. The van der Waals surface area contributed by atoms with E-state index < -0.39 is 0 Å². The lowest BCUT2D eigenvalue weighted by molar-refractivity contribution is 0.0830. The van der Waals surface area contributed by atoms with Crippen molar-refractivity contribution in [1.29, 1.82) is 0 Å². The van der Waals surface area contributed by atoms with E-state index >= 15 is 0 Å². The van der Waals surface area contributed by atoms with E-state index in [2.05, 4.69) is 22.6 Å². The van der Waals surface area contributed by atoms with Gasteiger partial charge in [-0.15, -0.1) is 0 Å². The summed E-state index contributed by atoms with van der Waals surface area (Å²) in [5.41, 5.74) is 0. The van der Waals surface area contributed by atoms with Crippen molar-refractivity contribution in [2.24, 2.45) is 5.92 Å². The standard InChI is InChI=1S/C7H13IO/c8-5-6-3-1-2-4-7(6)9/h6-7,9H,1-5H2/t6-,7-/m0/s1. The second-order valence-corrected chi connectivity index (χ2v) is 3.65. The average Bonchev–Trinajstić information content (AvgIpc) is 1.89. The largest absolute Gasteiger partial charge is 0.393 e. The van der Waals surface area contributed by atoms with Crippen molar-refractivity contribution in [2.45, 2.75) is 31.8 Å². The van der Waals surface area contributed by atoms with Crippen LogP contribution in [0.25, 0.3) is 0 Å². The second-order valence-electron chi connectivity index (χ2n) is 2.77. The van der Waals surface area contributed by atoms with E-state index in [0.717, 1.165) is 10.8 Å². The SMILES string of the molecule is O[C@H]1CCCC[C@H]1CI. The normalized spacial score (nSPS) is 36.7. The van der Waals surface area contributed by atoms with Gasteiger partial charge in [-0.2, -0.15) is 0 Å². The Hall–Kier alpha value is 0.690. The molecule has 0 heterocycles. The van der Waals surface area contributed by atoms with E-state index in [0.29, 0.717) is 5.92 Å². The maximum absolute atomic E-state index is 9.36. The lowest BCUT2D eigenvalue weighted by Gasteiger charge is -2.25. The zero-order valence-electron chi connectivity index (χ0n) is 5.52. The van der Waals surface area contributed by atoms with Gasteiger partial charge in [0.05, 0.1) is 6.10 Å². The van der Waals surface area contributed by atoms with Crippen LogP contribution in [0.15, 0.2) is 0 Å². The molecule has 0 amide bonds. The van der Waals surface area contributed by atoms with E-state index in [-0.39, 0.29) is 6.10 Å². The van der Waals surface area contributed by atoms with Crippen molar-refractivity contribution in [1.82, 2.24) is 0 Å². The monoisotopic (exact) mass is 240 g/mol. The lowest BCUT2D eigenvalue weighted by atomic mass is 9.88. The van der Waals surface area contributed by atoms with Crippen LogP contribution in [0.1, 0.15) is 25.7 Å². The molecule has 1 fully saturated rings. The maximum Gasteiger partial charge on any atom is 0.0575 e. The Kier molecular flexibility index (Phi) is 3.26. The van der Waals surface area contributed by atoms with Crippen LogP contribution >= 0.6 is 22.6 Å². The number of aliphatic hydroxyl groups excluding tert-OH is 1. The van der Waals surface area contributed by atoms with Crippen LogP contribution in [0, 0.1) is 5.92 Å². The van der Waals surface area contributed by atoms with Gasteiger partial charge in [0.1, 0.15) is 0 Å².